The predicted molar refractivity (Wildman–Crippen MR) is 152 cm³/mol. The Morgan fingerprint density at radius 1 is 1.00 bits per heavy atom. The number of rotatable bonds is 9. The van der Waals surface area contributed by atoms with Crippen LogP contribution in [0.5, 0.6) is 0 Å². The van der Waals surface area contributed by atoms with Gasteiger partial charge in [-0.2, -0.15) is 0 Å². The molecule has 0 spiro atoms. The van der Waals surface area contributed by atoms with Gasteiger partial charge in [-0.3, -0.25) is 14.4 Å². The van der Waals surface area contributed by atoms with Gasteiger partial charge in [0, 0.05) is 6.04 Å². The van der Waals surface area contributed by atoms with E-state index in [1.54, 1.807) is 52.8 Å². The number of aryl methyl sites for hydroxylation is 3. The molecule has 0 aliphatic heterocycles. The Morgan fingerprint density at radius 2 is 1.64 bits per heavy atom. The summed E-state index contributed by atoms with van der Waals surface area (Å²) >= 11 is 6.38. The Bertz CT molecular complexity index is 1220. The van der Waals surface area contributed by atoms with Crippen molar-refractivity contribution in [3.63, 3.8) is 0 Å². The number of hydrogen-bond donors (Lipinski definition) is 3. The number of ether oxygens (including phenoxy) is 1. The van der Waals surface area contributed by atoms with Crippen LogP contribution in [0.3, 0.4) is 0 Å². The highest BCUT2D eigenvalue weighted by molar-refractivity contribution is 6.34. The quantitative estimate of drug-likeness (QED) is 0.401. The van der Waals surface area contributed by atoms with E-state index >= 15 is 0 Å². The minimum Gasteiger partial charge on any atom is -0.444 e. The van der Waals surface area contributed by atoms with Gasteiger partial charge in [0.05, 0.1) is 17.1 Å². The van der Waals surface area contributed by atoms with Crippen LogP contribution in [-0.4, -0.2) is 46.4 Å². The molecule has 0 saturated heterocycles. The van der Waals surface area contributed by atoms with E-state index in [0.29, 0.717) is 16.3 Å². The van der Waals surface area contributed by atoms with Gasteiger partial charge in [-0.1, -0.05) is 41.9 Å². The van der Waals surface area contributed by atoms with Crippen molar-refractivity contribution < 1.29 is 23.9 Å². The zero-order valence-corrected chi connectivity index (χ0v) is 24.6. The molecule has 9 nitrogen and oxygen atoms in total. The van der Waals surface area contributed by atoms with Gasteiger partial charge in [0.2, 0.25) is 11.8 Å². The fourth-order valence-corrected chi connectivity index (χ4v) is 4.33. The van der Waals surface area contributed by atoms with E-state index in [-0.39, 0.29) is 0 Å². The zero-order valence-electron chi connectivity index (χ0n) is 23.8. The lowest BCUT2D eigenvalue weighted by Crippen LogP contribution is -2.55. The van der Waals surface area contributed by atoms with Crippen LogP contribution in [0.25, 0.3) is 0 Å². The van der Waals surface area contributed by atoms with E-state index in [0.717, 1.165) is 16.7 Å². The van der Waals surface area contributed by atoms with Gasteiger partial charge >= 0.3 is 6.09 Å². The van der Waals surface area contributed by atoms with Crippen LogP contribution < -0.4 is 16.4 Å². The molecule has 0 radical (unpaired) electrons. The number of benzene rings is 2. The van der Waals surface area contributed by atoms with Crippen LogP contribution in [-0.2, 0) is 19.1 Å². The van der Waals surface area contributed by atoms with Crippen LogP contribution >= 0.6 is 11.6 Å². The lowest BCUT2D eigenvalue weighted by Gasteiger charge is -2.37. The van der Waals surface area contributed by atoms with Gasteiger partial charge in [0.15, 0.2) is 0 Å². The first-order valence-corrected chi connectivity index (χ1v) is 13.1. The first-order valence-electron chi connectivity index (χ1n) is 12.7. The van der Waals surface area contributed by atoms with Crippen LogP contribution in [0, 0.1) is 20.8 Å². The molecule has 0 heterocycles. The second kappa shape index (κ2) is 13.0. The fraction of sp³-hybridized carbons (Fsp3) is 0.448. The number of nitrogens with two attached hydrogens (primary N) is 1. The van der Waals surface area contributed by atoms with Gasteiger partial charge in [0.1, 0.15) is 17.7 Å². The lowest BCUT2D eigenvalue weighted by molar-refractivity contribution is -0.143. The van der Waals surface area contributed by atoms with Gasteiger partial charge < -0.3 is 26.0 Å². The molecule has 2 unspecified atom stereocenters. The van der Waals surface area contributed by atoms with E-state index in [1.165, 1.54) is 4.90 Å². The molecule has 0 saturated carbocycles. The monoisotopic (exact) mass is 558 g/mol. The van der Waals surface area contributed by atoms with E-state index in [9.17, 15) is 19.2 Å². The Labute approximate surface area is 235 Å². The topological polar surface area (TPSA) is 131 Å². The maximum atomic E-state index is 14.0. The van der Waals surface area contributed by atoms with Crippen molar-refractivity contribution in [1.29, 1.82) is 0 Å². The summed E-state index contributed by atoms with van der Waals surface area (Å²) in [5.41, 5.74) is 8.26. The highest BCUT2D eigenvalue weighted by atomic mass is 35.5. The fourth-order valence-electron chi connectivity index (χ4n) is 4.07. The first-order chi connectivity index (χ1) is 18.0. The zero-order chi connectivity index (χ0) is 29.7. The number of carbonyl (C=O) groups excluding carboxylic acids is 4. The van der Waals surface area contributed by atoms with E-state index in [4.69, 9.17) is 22.1 Å². The summed E-state index contributed by atoms with van der Waals surface area (Å²) in [7, 11) is 0. The van der Waals surface area contributed by atoms with E-state index in [2.05, 4.69) is 10.6 Å². The normalized spacial score (nSPS) is 12.9. The summed E-state index contributed by atoms with van der Waals surface area (Å²) in [6.45, 7) is 14.2. The third kappa shape index (κ3) is 8.71. The molecule has 2 atom stereocenters. The van der Waals surface area contributed by atoms with Gasteiger partial charge in [-0.05, 0) is 83.7 Å². The highest BCUT2D eigenvalue weighted by Crippen LogP contribution is 2.31. The lowest BCUT2D eigenvalue weighted by atomic mass is 9.97. The minimum absolute atomic E-state index is 0.350. The van der Waals surface area contributed by atoms with Crippen molar-refractivity contribution >= 4 is 41.1 Å². The average Bonchev–Trinajstić information content (AvgIpc) is 2.79. The number of nitrogens with zero attached hydrogens (tertiary/aromatic N) is 1. The van der Waals surface area contributed by atoms with Crippen molar-refractivity contribution in [2.24, 2.45) is 5.73 Å². The molecular formula is C29H39ClN4O5. The molecule has 2 aromatic rings. The molecule has 4 amide bonds. The average molecular weight is 559 g/mol. The predicted octanol–water partition coefficient (Wildman–Crippen LogP) is 4.95. The molecule has 39 heavy (non-hydrogen) atoms. The molecular weight excluding hydrogens is 520 g/mol. The smallest absolute Gasteiger partial charge is 0.408 e. The summed E-state index contributed by atoms with van der Waals surface area (Å²) in [6.07, 6.45) is -1.36. The molecule has 0 aliphatic carbocycles. The molecule has 212 valence electrons. The molecule has 0 fully saturated rings. The largest absolute Gasteiger partial charge is 0.444 e. The van der Waals surface area contributed by atoms with E-state index in [1.807, 2.05) is 39.0 Å². The Morgan fingerprint density at radius 3 is 2.15 bits per heavy atom. The molecule has 2 rings (SSSR count). The number of anilines is 1. The molecule has 10 heteroatoms. The number of hydrogen-bond acceptors (Lipinski definition) is 5. The summed E-state index contributed by atoms with van der Waals surface area (Å²) in [5.74, 6) is -1.97. The number of carbonyl (C=O) groups is 4. The van der Waals surface area contributed by atoms with E-state index < -0.39 is 54.0 Å². The Kier molecular flexibility index (Phi) is 10.5. The van der Waals surface area contributed by atoms with Crippen molar-refractivity contribution in [2.45, 2.75) is 85.5 Å². The Hall–Kier alpha value is -3.59. The third-order valence-corrected chi connectivity index (χ3v) is 6.36. The number of alkyl carbamates (subject to hydrolysis) is 1. The minimum atomic E-state index is -1.36. The standard InChI is InChI=1S/C29H39ClN4O5/c1-16(2)34(27(37)22(15-23(31)35)32-28(38)39-29(6,7)8)25(20-13-12-17(3)19(5)14-20)26(36)33-24-18(4)10-9-11-21(24)30/h9-14,16,22,25H,15H2,1-8H3,(H2,31,35)(H,32,38)(H,33,36). The molecule has 4 N–H and O–H groups in total. The summed E-state index contributed by atoms with van der Waals surface area (Å²) in [5, 5.41) is 5.70. The van der Waals surface area contributed by atoms with Crippen LogP contribution in [0.4, 0.5) is 10.5 Å². The molecule has 0 aliphatic rings. The van der Waals surface area contributed by atoms with Crippen molar-refractivity contribution in [3.05, 3.63) is 63.7 Å². The summed E-state index contributed by atoms with van der Waals surface area (Å²) in [4.78, 5) is 53.8. The Balaban J connectivity index is 2.61. The van der Waals surface area contributed by atoms with Crippen LogP contribution in [0.2, 0.25) is 5.02 Å². The number of nitrogens with one attached hydrogen (secondary N) is 2. The summed E-state index contributed by atoms with van der Waals surface area (Å²) < 4.78 is 5.30. The summed E-state index contributed by atoms with van der Waals surface area (Å²) in [6, 6.07) is 7.74. The maximum absolute atomic E-state index is 14.0. The van der Waals surface area contributed by atoms with Gasteiger partial charge in [-0.25, -0.2) is 4.79 Å². The second-order valence-electron chi connectivity index (χ2n) is 10.9. The molecule has 0 aromatic heterocycles. The SMILES string of the molecule is Cc1ccc(C(C(=O)Nc2c(C)cccc2Cl)N(C(=O)C(CC(N)=O)NC(=O)OC(C)(C)C)C(C)C)cc1C. The number of amides is 4. The molecule has 0 bridgehead atoms. The highest BCUT2D eigenvalue weighted by Gasteiger charge is 2.38. The molecule has 2 aromatic carbocycles. The first kappa shape index (κ1) is 31.6. The number of para-hydroxylation sites is 1. The third-order valence-electron chi connectivity index (χ3n) is 6.05. The van der Waals surface area contributed by atoms with Crippen LogP contribution in [0.1, 0.15) is 69.3 Å². The number of halogens is 1. The van der Waals surface area contributed by atoms with Crippen molar-refractivity contribution in [1.82, 2.24) is 10.2 Å². The van der Waals surface area contributed by atoms with Crippen LogP contribution in [0.15, 0.2) is 36.4 Å². The second-order valence-corrected chi connectivity index (χ2v) is 11.3. The van der Waals surface area contributed by atoms with Crippen molar-refractivity contribution in [2.75, 3.05) is 5.32 Å². The maximum Gasteiger partial charge on any atom is 0.408 e. The van der Waals surface area contributed by atoms with Crippen molar-refractivity contribution in [3.8, 4) is 0 Å². The van der Waals surface area contributed by atoms with Gasteiger partial charge in [0.25, 0.3) is 5.91 Å². The number of primary amides is 1. The van der Waals surface area contributed by atoms with Gasteiger partial charge in [-0.15, -0.1) is 0 Å².